The molecule has 2 aromatic rings. The maximum Gasteiger partial charge on any atom is 0.231 e. The molecule has 1 aromatic carbocycles. The second-order valence-corrected chi connectivity index (χ2v) is 7.00. The fourth-order valence-corrected chi connectivity index (χ4v) is 2.91. The van der Waals surface area contributed by atoms with Gasteiger partial charge in [0, 0.05) is 44.4 Å². The van der Waals surface area contributed by atoms with Gasteiger partial charge in [0.15, 0.2) is 0 Å². The average molecular weight is 397 g/mol. The number of hydrogen-bond acceptors (Lipinski definition) is 7. The molecular weight excluding hydrogens is 370 g/mol. The van der Waals surface area contributed by atoms with Crippen LogP contribution in [0.5, 0.6) is 11.6 Å². The summed E-state index contributed by atoms with van der Waals surface area (Å²) in [4.78, 5) is 17.1. The van der Waals surface area contributed by atoms with Crippen molar-refractivity contribution in [1.29, 1.82) is 5.26 Å². The topological polar surface area (TPSA) is 95.7 Å². The lowest BCUT2D eigenvalue weighted by Crippen LogP contribution is -2.46. The molecule has 0 saturated carbocycles. The molecule has 1 fully saturated rings. The number of pyridine rings is 1. The summed E-state index contributed by atoms with van der Waals surface area (Å²) in [5.41, 5.74) is 2.41. The number of nitriles is 1. The van der Waals surface area contributed by atoms with Gasteiger partial charge in [-0.1, -0.05) is 12.1 Å². The Morgan fingerprint density at radius 1 is 1.28 bits per heavy atom. The van der Waals surface area contributed by atoms with Crippen LogP contribution in [0.4, 0.5) is 0 Å². The molecule has 1 aromatic heterocycles. The first-order valence-electron chi connectivity index (χ1n) is 9.47. The number of aldehydes is 1. The highest BCUT2D eigenvalue weighted by molar-refractivity contribution is 5.55. The molecule has 0 unspecified atom stereocenters. The highest BCUT2D eigenvalue weighted by Crippen LogP contribution is 2.21. The first kappa shape index (κ1) is 22.3. The van der Waals surface area contributed by atoms with E-state index in [1.54, 1.807) is 12.3 Å². The van der Waals surface area contributed by atoms with Crippen LogP contribution < -0.4 is 9.47 Å². The normalized spacial score (nSPS) is 13.7. The molecule has 29 heavy (non-hydrogen) atoms. The molecule has 1 aliphatic heterocycles. The van der Waals surface area contributed by atoms with Crippen molar-refractivity contribution in [3.63, 3.8) is 0 Å². The maximum atomic E-state index is 10.7. The molecule has 0 amide bonds. The summed E-state index contributed by atoms with van der Waals surface area (Å²) >= 11 is 0. The van der Waals surface area contributed by atoms with Crippen LogP contribution in [0.3, 0.4) is 0 Å². The van der Waals surface area contributed by atoms with E-state index >= 15 is 0 Å². The molecule has 2 heterocycles. The van der Waals surface area contributed by atoms with Gasteiger partial charge in [-0.15, -0.1) is 0 Å². The zero-order valence-electron chi connectivity index (χ0n) is 17.0. The smallest absolute Gasteiger partial charge is 0.231 e. The Labute approximate surface area is 171 Å². The van der Waals surface area contributed by atoms with E-state index in [9.17, 15) is 10.1 Å². The van der Waals surface area contributed by atoms with E-state index in [2.05, 4.69) is 16.0 Å². The van der Waals surface area contributed by atoms with Crippen molar-refractivity contribution in [2.24, 2.45) is 5.92 Å². The fourth-order valence-electron chi connectivity index (χ4n) is 2.91. The first-order chi connectivity index (χ1) is 14.1. The van der Waals surface area contributed by atoms with Gasteiger partial charge in [-0.2, -0.15) is 5.26 Å². The van der Waals surface area contributed by atoms with E-state index in [0.29, 0.717) is 18.1 Å². The molecule has 3 rings (SSSR count). The van der Waals surface area contributed by atoms with Gasteiger partial charge in [0.1, 0.15) is 30.3 Å². The monoisotopic (exact) mass is 397 g/mol. The van der Waals surface area contributed by atoms with Gasteiger partial charge in [-0.3, -0.25) is 4.90 Å². The van der Waals surface area contributed by atoms with Gasteiger partial charge in [0.2, 0.25) is 5.88 Å². The average Bonchev–Trinajstić information content (AvgIpc) is 2.71. The number of nitrogens with zero attached hydrogens (tertiary/aromatic N) is 3. The Morgan fingerprint density at radius 2 is 1.97 bits per heavy atom. The van der Waals surface area contributed by atoms with Gasteiger partial charge < -0.3 is 19.4 Å². The number of aliphatic hydroxyl groups excluding tert-OH is 1. The Balaban J connectivity index is 0.00000145. The van der Waals surface area contributed by atoms with E-state index in [4.69, 9.17) is 14.6 Å². The number of aromatic nitrogens is 1. The highest BCUT2D eigenvalue weighted by Gasteiger charge is 2.25. The molecule has 0 aliphatic carbocycles. The molecule has 7 heteroatoms. The van der Waals surface area contributed by atoms with Crippen LogP contribution in [-0.4, -0.2) is 47.6 Å². The summed E-state index contributed by atoms with van der Waals surface area (Å²) < 4.78 is 11.3. The highest BCUT2D eigenvalue weighted by atomic mass is 16.5. The van der Waals surface area contributed by atoms with Crippen LogP contribution in [0.25, 0.3) is 0 Å². The number of hydrogen-bond donors (Lipinski definition) is 1. The fraction of sp³-hybridized carbons (Fsp3) is 0.409. The Hall–Kier alpha value is -2.95. The van der Waals surface area contributed by atoms with Crippen LogP contribution >= 0.6 is 0 Å². The standard InChI is InChI=1S/C21H23N3O3.CH4O/c1-15(2)27-21-19(8-22)7-17(9-23-21)14-26-20-5-3-16(4-6-20)10-24-11-18(12-24)13-25;1-2/h3-7,9,13,15,18H,10-12,14H2,1-2H3;2H,1H3. The van der Waals surface area contributed by atoms with Crippen molar-refractivity contribution in [3.8, 4) is 17.7 Å². The van der Waals surface area contributed by atoms with Gasteiger partial charge in [0.25, 0.3) is 0 Å². The lowest BCUT2D eigenvalue weighted by Gasteiger charge is -2.36. The quantitative estimate of drug-likeness (QED) is 0.684. The lowest BCUT2D eigenvalue weighted by atomic mass is 10.0. The van der Waals surface area contributed by atoms with Crippen molar-refractivity contribution in [2.75, 3.05) is 20.2 Å². The molecule has 154 valence electrons. The second kappa shape index (κ2) is 11.1. The van der Waals surface area contributed by atoms with E-state index in [0.717, 1.165) is 44.3 Å². The molecular formula is C22H27N3O4. The maximum absolute atomic E-state index is 10.7. The molecule has 0 bridgehead atoms. The molecule has 1 N–H and O–H groups in total. The predicted molar refractivity (Wildman–Crippen MR) is 108 cm³/mol. The van der Waals surface area contributed by atoms with Gasteiger partial charge in [-0.05, 0) is 37.6 Å². The first-order valence-corrected chi connectivity index (χ1v) is 9.47. The third-order valence-corrected chi connectivity index (χ3v) is 4.29. The van der Waals surface area contributed by atoms with E-state index < -0.39 is 0 Å². The third kappa shape index (κ3) is 6.56. The minimum Gasteiger partial charge on any atom is -0.489 e. The van der Waals surface area contributed by atoms with Crippen LogP contribution in [0.2, 0.25) is 0 Å². The minimum absolute atomic E-state index is 0.0363. The molecule has 0 spiro atoms. The largest absolute Gasteiger partial charge is 0.489 e. The van der Waals surface area contributed by atoms with Crippen molar-refractivity contribution in [2.45, 2.75) is 33.1 Å². The summed E-state index contributed by atoms with van der Waals surface area (Å²) in [6.45, 7) is 6.64. The van der Waals surface area contributed by atoms with Crippen molar-refractivity contribution >= 4 is 6.29 Å². The van der Waals surface area contributed by atoms with Crippen LogP contribution in [0.1, 0.15) is 30.5 Å². The third-order valence-electron chi connectivity index (χ3n) is 4.29. The summed E-state index contributed by atoms with van der Waals surface area (Å²) in [6, 6.07) is 11.8. The van der Waals surface area contributed by atoms with Crippen LogP contribution in [0.15, 0.2) is 36.5 Å². The summed E-state index contributed by atoms with van der Waals surface area (Å²) in [5.74, 6) is 1.30. The molecule has 0 atom stereocenters. The van der Waals surface area contributed by atoms with E-state index in [1.165, 1.54) is 5.56 Å². The van der Waals surface area contributed by atoms with Crippen molar-refractivity contribution < 1.29 is 19.4 Å². The number of carbonyl (C=O) groups excluding carboxylic acids is 1. The number of carbonyl (C=O) groups is 1. The lowest BCUT2D eigenvalue weighted by molar-refractivity contribution is -0.115. The number of likely N-dealkylation sites (tertiary alicyclic amines) is 1. The predicted octanol–water partition coefficient (Wildman–Crippen LogP) is 2.56. The number of rotatable bonds is 8. The summed E-state index contributed by atoms with van der Waals surface area (Å²) in [7, 11) is 1.00. The minimum atomic E-state index is -0.0363. The zero-order chi connectivity index (χ0) is 21.2. The Morgan fingerprint density at radius 3 is 2.55 bits per heavy atom. The summed E-state index contributed by atoms with van der Waals surface area (Å²) in [5, 5.41) is 16.3. The molecule has 1 aliphatic rings. The van der Waals surface area contributed by atoms with Gasteiger partial charge in [0.05, 0.1) is 6.10 Å². The van der Waals surface area contributed by atoms with Crippen molar-refractivity contribution in [3.05, 3.63) is 53.2 Å². The zero-order valence-corrected chi connectivity index (χ0v) is 17.0. The Kier molecular flexibility index (Phi) is 8.59. The van der Waals surface area contributed by atoms with Gasteiger partial charge >= 0.3 is 0 Å². The van der Waals surface area contributed by atoms with Crippen molar-refractivity contribution in [1.82, 2.24) is 9.88 Å². The Bertz CT molecular complexity index is 825. The van der Waals surface area contributed by atoms with E-state index in [-0.39, 0.29) is 12.0 Å². The second-order valence-electron chi connectivity index (χ2n) is 7.00. The number of ether oxygens (including phenoxy) is 2. The van der Waals surface area contributed by atoms with E-state index in [1.807, 2.05) is 38.1 Å². The van der Waals surface area contributed by atoms with Crippen LogP contribution in [0, 0.1) is 17.2 Å². The number of benzene rings is 1. The van der Waals surface area contributed by atoms with Gasteiger partial charge in [-0.25, -0.2) is 4.98 Å². The summed E-state index contributed by atoms with van der Waals surface area (Å²) in [6.07, 6.45) is 2.66. The SMILES string of the molecule is CC(C)Oc1ncc(COc2ccc(CN3CC(C=O)C3)cc2)cc1C#N.CO. The molecule has 1 saturated heterocycles. The number of aliphatic hydroxyl groups is 1. The molecule has 0 radical (unpaired) electrons. The van der Waals surface area contributed by atoms with Crippen LogP contribution in [-0.2, 0) is 17.9 Å². The molecule has 7 nitrogen and oxygen atoms in total.